The molecule has 0 aromatic carbocycles. The Morgan fingerprint density at radius 2 is 0.917 bits per heavy atom. The van der Waals surface area contributed by atoms with Gasteiger partial charge in [-0.15, -0.1) is 22.7 Å². The fourth-order valence-electron chi connectivity index (χ4n) is 2.67. The van der Waals surface area contributed by atoms with Crippen LogP contribution in [0, 0.1) is 0 Å². The Labute approximate surface area is 145 Å². The van der Waals surface area contributed by atoms with E-state index in [2.05, 4.69) is 0 Å². The Morgan fingerprint density at radius 1 is 0.625 bits per heavy atom. The Morgan fingerprint density at radius 3 is 1.17 bits per heavy atom. The van der Waals surface area contributed by atoms with Crippen LogP contribution in [0.3, 0.4) is 0 Å². The molecule has 0 amide bonds. The van der Waals surface area contributed by atoms with Gasteiger partial charge in [-0.2, -0.15) is 0 Å². The van der Waals surface area contributed by atoms with Gasteiger partial charge in [-0.25, -0.2) is 0 Å². The fraction of sp³-hybridized carbons (Fsp3) is 0.500. The van der Waals surface area contributed by atoms with Gasteiger partial charge in [0.25, 0.3) is 22.2 Å². The third kappa shape index (κ3) is 2.53. The predicted octanol–water partition coefficient (Wildman–Crippen LogP) is 2.20. The first-order valence-corrected chi connectivity index (χ1v) is 9.71. The average molecular weight is 366 g/mol. The molecular weight excluding hydrogens is 348 g/mol. The normalized spacial score (nSPS) is 11.8. The van der Waals surface area contributed by atoms with Gasteiger partial charge in [0.2, 0.25) is 0 Å². The molecule has 8 heteroatoms. The highest BCUT2D eigenvalue weighted by Crippen LogP contribution is 2.26. The van der Waals surface area contributed by atoms with Gasteiger partial charge >= 0.3 is 0 Å². The monoisotopic (exact) mass is 366 g/mol. The quantitative estimate of drug-likeness (QED) is 0.670. The Hall–Kier alpha value is -1.80. The number of rotatable bonds is 6. The van der Waals surface area contributed by atoms with Gasteiger partial charge in [0, 0.05) is 13.1 Å². The highest BCUT2D eigenvalue weighted by Gasteiger charge is 2.20. The molecule has 0 atom stereocenters. The summed E-state index contributed by atoms with van der Waals surface area (Å²) in [5.41, 5.74) is -1.39. The van der Waals surface area contributed by atoms with Crippen LogP contribution in [0.4, 0.5) is 0 Å². The molecule has 0 aliphatic rings. The van der Waals surface area contributed by atoms with Crippen LogP contribution in [-0.2, 0) is 13.1 Å². The van der Waals surface area contributed by atoms with Crippen LogP contribution in [0.15, 0.2) is 19.2 Å². The zero-order valence-electron chi connectivity index (χ0n) is 13.6. The van der Waals surface area contributed by atoms with Crippen molar-refractivity contribution < 1.29 is 0 Å². The topological polar surface area (TPSA) is 78.1 Å². The number of aromatic nitrogens is 2. The summed E-state index contributed by atoms with van der Waals surface area (Å²) < 4.78 is 3.61. The van der Waals surface area contributed by atoms with E-state index < -0.39 is 0 Å². The molecule has 0 saturated carbocycles. The minimum Gasteiger partial charge on any atom is -0.273 e. The van der Waals surface area contributed by atoms with Gasteiger partial charge in [-0.1, -0.05) is 26.7 Å². The molecule has 0 spiro atoms. The lowest BCUT2D eigenvalue weighted by Crippen LogP contribution is -2.25. The van der Waals surface area contributed by atoms with Crippen molar-refractivity contribution in [3.8, 4) is 0 Å². The van der Waals surface area contributed by atoms with Crippen molar-refractivity contribution in [1.29, 1.82) is 0 Å². The second-order valence-corrected chi connectivity index (χ2v) is 7.79. The zero-order chi connectivity index (χ0) is 17.4. The molecule has 3 heterocycles. The number of hydrogen-bond acceptors (Lipinski definition) is 6. The van der Waals surface area contributed by atoms with Crippen molar-refractivity contribution in [1.82, 2.24) is 9.13 Å². The Bertz CT molecular complexity index is 955. The summed E-state index contributed by atoms with van der Waals surface area (Å²) in [7, 11) is 0. The molecule has 0 N–H and O–H groups in total. The van der Waals surface area contributed by atoms with Crippen LogP contribution in [0.5, 0.6) is 0 Å². The summed E-state index contributed by atoms with van der Waals surface area (Å²) in [6, 6.07) is 0. The summed E-state index contributed by atoms with van der Waals surface area (Å²) in [5, 5.41) is 0. The second kappa shape index (κ2) is 6.60. The number of nitrogens with zero attached hydrogens (tertiary/aromatic N) is 2. The van der Waals surface area contributed by atoms with E-state index in [0.717, 1.165) is 48.4 Å². The van der Waals surface area contributed by atoms with E-state index in [1.807, 2.05) is 13.8 Å². The van der Waals surface area contributed by atoms with Crippen molar-refractivity contribution in [3.05, 3.63) is 41.4 Å². The minimum atomic E-state index is -0.347. The Balaban J connectivity index is 2.30. The zero-order valence-corrected chi connectivity index (χ0v) is 15.2. The van der Waals surface area contributed by atoms with E-state index in [1.165, 1.54) is 9.13 Å². The summed E-state index contributed by atoms with van der Waals surface area (Å²) in [5.74, 6) is 0. The van der Waals surface area contributed by atoms with Crippen molar-refractivity contribution in [2.24, 2.45) is 0 Å². The summed E-state index contributed by atoms with van der Waals surface area (Å²) in [6.07, 6.45) is 3.23. The molecule has 3 rings (SSSR count). The van der Waals surface area contributed by atoms with Crippen LogP contribution in [0.2, 0.25) is 0 Å². The van der Waals surface area contributed by atoms with Gasteiger partial charge in [-0.05, 0) is 12.8 Å². The van der Waals surface area contributed by atoms with Gasteiger partial charge in [0.05, 0.1) is 0 Å². The third-order valence-electron chi connectivity index (χ3n) is 4.05. The van der Waals surface area contributed by atoms with E-state index in [9.17, 15) is 19.2 Å². The van der Waals surface area contributed by atoms with Crippen LogP contribution >= 0.6 is 22.7 Å². The predicted molar refractivity (Wildman–Crippen MR) is 99.3 cm³/mol. The summed E-state index contributed by atoms with van der Waals surface area (Å²) in [6.45, 7) is 4.72. The van der Waals surface area contributed by atoms with Gasteiger partial charge in [-0.3, -0.25) is 28.3 Å². The molecule has 0 radical (unpaired) electrons. The van der Waals surface area contributed by atoms with Crippen molar-refractivity contribution in [2.75, 3.05) is 0 Å². The Kier molecular flexibility index (Phi) is 4.69. The maximum absolute atomic E-state index is 12.5. The van der Waals surface area contributed by atoms with Crippen LogP contribution in [0.1, 0.15) is 39.5 Å². The lowest BCUT2D eigenvalue weighted by Gasteiger charge is -1.96. The molecule has 3 aromatic heterocycles. The third-order valence-corrected chi connectivity index (χ3v) is 6.64. The standard InChI is InChI=1S/C16H18N2O4S2/c1-3-5-7-17-13(19)9-10(14(17)20)24-12-11(23-9)15(21)18(16(12)22)8-6-4-2/h3-8H2,1-2H3. The molecule has 0 saturated heterocycles. The SMILES string of the molecule is CCCCn1c(=O)c2sc3c(=O)n(CCCC)c(=O)c3sc2c1=O. The molecule has 0 unspecified atom stereocenters. The lowest BCUT2D eigenvalue weighted by molar-refractivity contribution is 0.609. The highest BCUT2D eigenvalue weighted by molar-refractivity contribution is 7.36. The maximum atomic E-state index is 12.5. The van der Waals surface area contributed by atoms with Crippen molar-refractivity contribution >= 4 is 41.5 Å². The molecule has 24 heavy (non-hydrogen) atoms. The number of fused-ring (bicyclic) bond motifs is 2. The van der Waals surface area contributed by atoms with E-state index >= 15 is 0 Å². The average Bonchev–Trinajstić information content (AvgIpc) is 2.95. The number of hydrogen-bond donors (Lipinski definition) is 0. The first-order valence-electron chi connectivity index (χ1n) is 8.07. The maximum Gasteiger partial charge on any atom is 0.272 e. The minimum absolute atomic E-state index is 0.290. The molecule has 3 aromatic rings. The van der Waals surface area contributed by atoms with E-state index in [4.69, 9.17) is 0 Å². The molecule has 0 aliphatic heterocycles. The van der Waals surface area contributed by atoms with E-state index in [0.29, 0.717) is 31.9 Å². The second-order valence-electron chi connectivity index (χ2n) is 5.75. The first kappa shape index (κ1) is 17.0. The molecule has 0 aliphatic carbocycles. The van der Waals surface area contributed by atoms with Gasteiger partial charge in [0.1, 0.15) is 18.8 Å². The molecular formula is C16H18N2O4S2. The first-order chi connectivity index (χ1) is 11.5. The van der Waals surface area contributed by atoms with Crippen LogP contribution < -0.4 is 22.2 Å². The lowest BCUT2D eigenvalue weighted by atomic mass is 10.3. The van der Waals surface area contributed by atoms with Crippen LogP contribution in [-0.4, -0.2) is 9.13 Å². The number of unbranched alkanes of at least 4 members (excludes halogenated alkanes) is 2. The summed E-state index contributed by atoms with van der Waals surface area (Å²) in [4.78, 5) is 49.9. The molecule has 6 nitrogen and oxygen atoms in total. The largest absolute Gasteiger partial charge is 0.273 e. The molecule has 128 valence electrons. The smallest absolute Gasteiger partial charge is 0.272 e. The van der Waals surface area contributed by atoms with E-state index in [1.54, 1.807) is 0 Å². The van der Waals surface area contributed by atoms with Gasteiger partial charge in [0.15, 0.2) is 0 Å². The van der Waals surface area contributed by atoms with Crippen LogP contribution in [0.25, 0.3) is 18.8 Å². The molecule has 0 bridgehead atoms. The van der Waals surface area contributed by atoms with Crippen molar-refractivity contribution in [3.63, 3.8) is 0 Å². The fourth-order valence-corrected chi connectivity index (χ4v) is 5.08. The summed E-state index contributed by atoms with van der Waals surface area (Å²) >= 11 is 1.97. The van der Waals surface area contributed by atoms with Crippen molar-refractivity contribution in [2.45, 2.75) is 52.6 Å². The van der Waals surface area contributed by atoms with E-state index in [-0.39, 0.29) is 22.2 Å². The van der Waals surface area contributed by atoms with Gasteiger partial charge < -0.3 is 0 Å². The molecule has 0 fully saturated rings. The highest BCUT2D eigenvalue weighted by atomic mass is 32.1.